The molecule has 10 heteroatoms. The number of carboxylic acids is 2. The number of aliphatic hydroxyl groups excluding tert-OH is 2. The summed E-state index contributed by atoms with van der Waals surface area (Å²) >= 11 is 0. The zero-order valence-corrected chi connectivity index (χ0v) is 39.6. The van der Waals surface area contributed by atoms with Crippen molar-refractivity contribution in [2.45, 2.75) is 116 Å². The van der Waals surface area contributed by atoms with E-state index < -0.39 is 30.6 Å². The van der Waals surface area contributed by atoms with Gasteiger partial charge >= 0.3 is 11.9 Å². The summed E-state index contributed by atoms with van der Waals surface area (Å²) in [5, 5.41) is 41.9. The summed E-state index contributed by atoms with van der Waals surface area (Å²) in [4.78, 5) is 36.1. The van der Waals surface area contributed by atoms with Gasteiger partial charge in [0.15, 0.2) is 0 Å². The summed E-state index contributed by atoms with van der Waals surface area (Å²) < 4.78 is 16.0. The number of amides is 1. The van der Waals surface area contributed by atoms with E-state index in [1.807, 2.05) is 91.2 Å². The molecule has 350 valence electrons. The number of nitrogens with zero attached hydrogens (tertiary/aromatic N) is 1. The van der Waals surface area contributed by atoms with Crippen molar-refractivity contribution in [1.29, 1.82) is 0 Å². The highest BCUT2D eigenvalue weighted by Gasteiger charge is 2.38. The number of fused-ring (bicyclic) bond motifs is 1. The minimum absolute atomic E-state index is 0.0939. The van der Waals surface area contributed by atoms with Crippen LogP contribution in [0.1, 0.15) is 134 Å². The van der Waals surface area contributed by atoms with Crippen molar-refractivity contribution in [2.24, 2.45) is 0 Å². The highest BCUT2D eigenvalue weighted by atomic mass is 19.1. The summed E-state index contributed by atoms with van der Waals surface area (Å²) in [5.74, 6) is -2.84. The molecule has 0 saturated heterocycles. The molecule has 1 aliphatic rings. The predicted molar refractivity (Wildman–Crippen MR) is 265 cm³/mol. The zero-order chi connectivity index (χ0) is 48.8. The Morgan fingerprint density at radius 2 is 1.30 bits per heavy atom. The smallest absolute Gasteiger partial charge is 0.335 e. The van der Waals surface area contributed by atoms with Gasteiger partial charge in [-0.05, 0) is 142 Å². The Morgan fingerprint density at radius 1 is 0.746 bits per heavy atom. The van der Waals surface area contributed by atoms with Gasteiger partial charge in [-0.2, -0.15) is 0 Å². The molecule has 67 heavy (non-hydrogen) atoms. The average Bonchev–Trinajstić information content (AvgIpc) is 3.63. The van der Waals surface area contributed by atoms with Gasteiger partial charge in [-0.15, -0.1) is 0 Å². The fourth-order valence-corrected chi connectivity index (χ4v) is 9.22. The van der Waals surface area contributed by atoms with E-state index in [0.717, 1.165) is 28.0 Å². The van der Waals surface area contributed by atoms with Gasteiger partial charge in [0.1, 0.15) is 5.82 Å². The molecule has 0 aliphatic heterocycles. The van der Waals surface area contributed by atoms with Crippen LogP contribution in [0, 0.1) is 12.7 Å². The number of carbonyl (C=O) groups is 3. The Labute approximate surface area is 393 Å². The Balaban J connectivity index is 0.000000244. The third kappa shape index (κ3) is 11.7. The second-order valence-corrected chi connectivity index (χ2v) is 19.3. The first-order valence-electron chi connectivity index (χ1n) is 22.9. The Kier molecular flexibility index (Phi) is 15.5. The standard InChI is InChI=1S/C33H35FN2O5.C24H28O2/c1-21(2)31-30(33(41)35-25-11-7-4-8-12-25)29(22-9-5-3-6-10-22)32(23-13-15-24(34)16-14-23)36(31)18-17-26(37)19-27(38)20-28(39)40;1-15-13-20-21(24(5,6)12-11-23(20,3)4)14-19(15)16(2)17-7-9-18(10-8-17)22(25)26/h3-16,21,26-27,37-38H,17-20H2,1-2H3,(H,35,41)(H,39,40);7-10,13-14H,2,11-12H2,1,3-6H3,(H,25,26)/t26-,27-;/m1./s1. The van der Waals surface area contributed by atoms with E-state index in [-0.39, 0.29) is 47.9 Å². The molecule has 5 N–H and O–H groups in total. The van der Waals surface area contributed by atoms with Crippen LogP contribution in [0.2, 0.25) is 0 Å². The second-order valence-electron chi connectivity index (χ2n) is 19.3. The number of aliphatic hydroxyl groups is 2. The molecule has 0 radical (unpaired) electrons. The van der Waals surface area contributed by atoms with Gasteiger partial charge in [0, 0.05) is 23.5 Å². The minimum Gasteiger partial charge on any atom is -0.481 e. The van der Waals surface area contributed by atoms with E-state index in [1.165, 1.54) is 41.7 Å². The van der Waals surface area contributed by atoms with Crippen LogP contribution in [-0.2, 0) is 22.2 Å². The third-order valence-electron chi connectivity index (χ3n) is 12.9. The maximum Gasteiger partial charge on any atom is 0.335 e. The summed E-state index contributed by atoms with van der Waals surface area (Å²) in [6.07, 6.45) is -0.134. The number of halogens is 1. The van der Waals surface area contributed by atoms with Gasteiger partial charge in [0.25, 0.3) is 5.91 Å². The average molecular weight is 907 g/mol. The largest absolute Gasteiger partial charge is 0.481 e. The highest BCUT2D eigenvalue weighted by Crippen LogP contribution is 2.48. The number of aryl methyl sites for hydroxylation is 1. The molecule has 9 nitrogen and oxygen atoms in total. The molecule has 1 heterocycles. The fraction of sp³-hybridized carbons (Fsp3) is 0.316. The number of carbonyl (C=O) groups excluding carboxylic acids is 1. The number of aromatic nitrogens is 1. The number of hydrogen-bond acceptors (Lipinski definition) is 5. The quantitative estimate of drug-likeness (QED) is 0.0689. The fourth-order valence-electron chi connectivity index (χ4n) is 9.22. The molecular formula is C57H63FN2O7. The van der Waals surface area contributed by atoms with Crippen LogP contribution in [0.15, 0.2) is 128 Å². The number of benzene rings is 5. The zero-order valence-electron chi connectivity index (χ0n) is 39.6. The number of carboxylic acid groups (broad SMARTS) is 2. The van der Waals surface area contributed by atoms with Gasteiger partial charge in [-0.3, -0.25) is 9.59 Å². The van der Waals surface area contributed by atoms with Crippen molar-refractivity contribution < 1.29 is 39.2 Å². The molecule has 0 unspecified atom stereocenters. The van der Waals surface area contributed by atoms with E-state index in [1.54, 1.807) is 24.3 Å². The van der Waals surface area contributed by atoms with Gasteiger partial charge in [-0.1, -0.05) is 121 Å². The molecule has 7 rings (SSSR count). The molecule has 6 aromatic rings. The lowest BCUT2D eigenvalue weighted by Gasteiger charge is -2.42. The summed E-state index contributed by atoms with van der Waals surface area (Å²) in [5.41, 5.74) is 12.6. The molecule has 1 aromatic heterocycles. The van der Waals surface area contributed by atoms with Crippen molar-refractivity contribution in [3.05, 3.63) is 178 Å². The number of aromatic carboxylic acids is 1. The lowest BCUT2D eigenvalue weighted by molar-refractivity contribution is -0.139. The number of para-hydroxylation sites is 1. The molecule has 2 atom stereocenters. The normalized spacial score (nSPS) is 14.6. The van der Waals surface area contributed by atoms with Crippen LogP contribution in [0.5, 0.6) is 0 Å². The lowest BCUT2D eigenvalue weighted by atomic mass is 9.62. The second kappa shape index (κ2) is 20.9. The lowest BCUT2D eigenvalue weighted by Crippen LogP contribution is -2.34. The number of rotatable bonds is 15. The first-order chi connectivity index (χ1) is 31.7. The molecule has 5 aromatic carbocycles. The van der Waals surface area contributed by atoms with Crippen molar-refractivity contribution >= 4 is 29.1 Å². The van der Waals surface area contributed by atoms with Crippen LogP contribution in [0.25, 0.3) is 28.0 Å². The van der Waals surface area contributed by atoms with Gasteiger partial charge in [0.05, 0.1) is 35.4 Å². The van der Waals surface area contributed by atoms with E-state index in [9.17, 15) is 29.0 Å². The molecule has 0 fully saturated rings. The van der Waals surface area contributed by atoms with Crippen LogP contribution in [0.3, 0.4) is 0 Å². The summed E-state index contributed by atoms with van der Waals surface area (Å²) in [6.45, 7) is 20.0. The number of nitrogens with one attached hydrogen (secondary N) is 1. The van der Waals surface area contributed by atoms with E-state index in [2.05, 4.69) is 58.6 Å². The van der Waals surface area contributed by atoms with Crippen LogP contribution in [0.4, 0.5) is 10.1 Å². The summed E-state index contributed by atoms with van der Waals surface area (Å²) in [6, 6.07) is 36.4. The predicted octanol–water partition coefficient (Wildman–Crippen LogP) is 12.4. The van der Waals surface area contributed by atoms with E-state index in [4.69, 9.17) is 10.2 Å². The van der Waals surface area contributed by atoms with Crippen LogP contribution < -0.4 is 5.32 Å². The van der Waals surface area contributed by atoms with Gasteiger partial charge in [-0.25, -0.2) is 9.18 Å². The first kappa shape index (κ1) is 49.8. The maximum atomic E-state index is 14.0. The van der Waals surface area contributed by atoms with Crippen molar-refractivity contribution in [3.8, 4) is 22.4 Å². The molecule has 1 aliphatic carbocycles. The first-order valence-corrected chi connectivity index (χ1v) is 22.9. The number of anilines is 1. The monoisotopic (exact) mass is 906 g/mol. The van der Waals surface area contributed by atoms with Crippen LogP contribution in [-0.4, -0.2) is 55.0 Å². The third-order valence-corrected chi connectivity index (χ3v) is 12.9. The molecule has 0 saturated carbocycles. The van der Waals surface area contributed by atoms with Crippen LogP contribution >= 0.6 is 0 Å². The van der Waals surface area contributed by atoms with E-state index >= 15 is 0 Å². The summed E-state index contributed by atoms with van der Waals surface area (Å²) in [7, 11) is 0. The maximum absolute atomic E-state index is 14.0. The Bertz CT molecular complexity index is 2720. The van der Waals surface area contributed by atoms with Gasteiger partial charge in [0.2, 0.25) is 0 Å². The van der Waals surface area contributed by atoms with E-state index in [0.29, 0.717) is 33.6 Å². The van der Waals surface area contributed by atoms with Crippen molar-refractivity contribution in [1.82, 2.24) is 4.57 Å². The minimum atomic E-state index is -1.18. The topological polar surface area (TPSA) is 149 Å². The number of aliphatic carboxylic acids is 1. The van der Waals surface area contributed by atoms with Crippen molar-refractivity contribution in [3.63, 3.8) is 0 Å². The highest BCUT2D eigenvalue weighted by molar-refractivity contribution is 6.12. The van der Waals surface area contributed by atoms with Gasteiger partial charge < -0.3 is 30.3 Å². The SMILES string of the molecule is C=C(c1ccc(C(=O)O)cc1)c1cc2c(cc1C)C(C)(C)CCC2(C)C.CC(C)c1c(C(=O)Nc2ccccc2)c(-c2ccccc2)c(-c2ccc(F)cc2)n1CC[C@@H](O)C[C@@H](O)CC(=O)O. The number of hydrogen-bond donors (Lipinski definition) is 5. The molecular weight excluding hydrogens is 844 g/mol. The molecule has 0 bridgehead atoms. The molecule has 0 spiro atoms. The Hall–Kier alpha value is -6.62. The molecule has 1 amide bonds. The van der Waals surface area contributed by atoms with Crippen molar-refractivity contribution in [2.75, 3.05) is 5.32 Å². The Morgan fingerprint density at radius 3 is 1.85 bits per heavy atom.